The van der Waals surface area contributed by atoms with Crippen LogP contribution in [-0.4, -0.2) is 34.5 Å². The zero-order valence-electron chi connectivity index (χ0n) is 16.5. The summed E-state index contributed by atoms with van der Waals surface area (Å²) in [7, 11) is 1.48. The quantitative estimate of drug-likeness (QED) is 0.542. The summed E-state index contributed by atoms with van der Waals surface area (Å²) in [5, 5.41) is 33.0. The molecule has 0 aromatic heterocycles. The molecule has 3 N–H and O–H groups in total. The Morgan fingerprint density at radius 3 is 2.44 bits per heavy atom. The number of ether oxygens (including phenoxy) is 2. The van der Waals surface area contributed by atoms with Crippen LogP contribution in [0, 0.1) is 11.3 Å². The number of fused-ring (bicyclic) bond motifs is 1. The Balaban J connectivity index is 2.13. The summed E-state index contributed by atoms with van der Waals surface area (Å²) in [5.41, 5.74) is -0.193. The van der Waals surface area contributed by atoms with Crippen molar-refractivity contribution in [1.29, 1.82) is 0 Å². The van der Waals surface area contributed by atoms with Gasteiger partial charge in [-0.3, -0.25) is 4.79 Å². The van der Waals surface area contributed by atoms with Crippen LogP contribution in [0.15, 0.2) is 0 Å². The van der Waals surface area contributed by atoms with Gasteiger partial charge in [-0.25, -0.2) is 0 Å². The van der Waals surface area contributed by atoms with Crippen LogP contribution in [0.1, 0.15) is 75.7 Å². The lowest BCUT2D eigenvalue weighted by atomic mass is 9.49. The number of aliphatic hydroxyl groups is 1. The van der Waals surface area contributed by atoms with Crippen molar-refractivity contribution in [2.24, 2.45) is 11.3 Å². The normalized spacial score (nSPS) is 33.4. The van der Waals surface area contributed by atoms with Crippen molar-refractivity contribution >= 4 is 5.97 Å². The molecule has 0 spiro atoms. The van der Waals surface area contributed by atoms with Crippen molar-refractivity contribution in [3.8, 4) is 17.2 Å². The third-order valence-corrected chi connectivity index (χ3v) is 7.01. The number of phenols is 2. The molecule has 0 unspecified atom stereocenters. The molecule has 1 aromatic carbocycles. The fraction of sp³-hybridized carbons (Fsp3) is 0.667. The number of hydrogen-bond acceptors (Lipinski definition) is 6. The zero-order chi connectivity index (χ0) is 19.9. The first kappa shape index (κ1) is 18.4. The molecule has 27 heavy (non-hydrogen) atoms. The first-order valence-electron chi connectivity index (χ1n) is 9.64. The molecule has 1 saturated heterocycles. The van der Waals surface area contributed by atoms with E-state index in [4.69, 9.17) is 9.47 Å². The molecule has 4 rings (SSSR count). The molecule has 6 nitrogen and oxygen atoms in total. The third-order valence-electron chi connectivity index (χ3n) is 7.01. The molecule has 3 aliphatic rings. The van der Waals surface area contributed by atoms with Gasteiger partial charge in [0.15, 0.2) is 11.5 Å². The summed E-state index contributed by atoms with van der Waals surface area (Å²) < 4.78 is 11.3. The van der Waals surface area contributed by atoms with Crippen LogP contribution in [-0.2, 0) is 14.9 Å². The molecule has 6 heteroatoms. The maximum Gasteiger partial charge on any atom is 0.317 e. The fourth-order valence-corrected chi connectivity index (χ4v) is 6.07. The topological polar surface area (TPSA) is 96.2 Å². The predicted molar refractivity (Wildman–Crippen MR) is 98.1 cm³/mol. The smallest absolute Gasteiger partial charge is 0.317 e. The van der Waals surface area contributed by atoms with E-state index in [1.165, 1.54) is 7.11 Å². The highest BCUT2D eigenvalue weighted by atomic mass is 16.6. The molecule has 4 atom stereocenters. The molecule has 148 valence electrons. The van der Waals surface area contributed by atoms with Crippen LogP contribution < -0.4 is 4.74 Å². The number of benzene rings is 1. The van der Waals surface area contributed by atoms with Gasteiger partial charge in [0, 0.05) is 22.6 Å². The highest BCUT2D eigenvalue weighted by molar-refractivity contribution is 5.91. The van der Waals surface area contributed by atoms with Crippen LogP contribution in [0.5, 0.6) is 17.2 Å². The number of esters is 1. The average molecular weight is 376 g/mol. The van der Waals surface area contributed by atoms with Crippen LogP contribution in [0.4, 0.5) is 0 Å². The maximum atomic E-state index is 13.1. The van der Waals surface area contributed by atoms with E-state index in [1.807, 2.05) is 13.8 Å². The Bertz CT molecular complexity index is 827. The summed E-state index contributed by atoms with van der Waals surface area (Å²) in [4.78, 5) is 13.1. The predicted octanol–water partition coefficient (Wildman–Crippen LogP) is 3.27. The molecule has 2 bridgehead atoms. The van der Waals surface area contributed by atoms with E-state index in [0.29, 0.717) is 28.9 Å². The molecular weight excluding hydrogens is 348 g/mol. The van der Waals surface area contributed by atoms with Gasteiger partial charge in [0.2, 0.25) is 0 Å². The second-order valence-electron chi connectivity index (χ2n) is 9.19. The highest BCUT2D eigenvalue weighted by Gasteiger charge is 2.70. The lowest BCUT2D eigenvalue weighted by molar-refractivity contribution is -0.148. The number of phenolic OH excluding ortho intramolecular Hbond substituents is 2. The second kappa shape index (κ2) is 5.53. The van der Waals surface area contributed by atoms with Gasteiger partial charge < -0.3 is 24.8 Å². The molecular formula is C21H28O6. The maximum absolute atomic E-state index is 13.1. The first-order valence-corrected chi connectivity index (χ1v) is 9.64. The van der Waals surface area contributed by atoms with Gasteiger partial charge in [0.1, 0.15) is 23.4 Å². The van der Waals surface area contributed by atoms with Gasteiger partial charge >= 0.3 is 5.97 Å². The summed E-state index contributed by atoms with van der Waals surface area (Å²) >= 11 is 0. The summed E-state index contributed by atoms with van der Waals surface area (Å²) in [6.45, 7) is 7.91. The Morgan fingerprint density at radius 2 is 1.85 bits per heavy atom. The lowest BCUT2D eigenvalue weighted by Gasteiger charge is -2.51. The van der Waals surface area contributed by atoms with Crippen molar-refractivity contribution in [2.45, 2.75) is 70.5 Å². The number of aliphatic hydroxyl groups excluding tert-OH is 1. The molecule has 1 saturated carbocycles. The van der Waals surface area contributed by atoms with E-state index in [2.05, 4.69) is 13.8 Å². The summed E-state index contributed by atoms with van der Waals surface area (Å²) in [5.74, 6) is -1.09. The van der Waals surface area contributed by atoms with Crippen molar-refractivity contribution in [1.82, 2.24) is 0 Å². The highest BCUT2D eigenvalue weighted by Crippen LogP contribution is 2.68. The van der Waals surface area contributed by atoms with Gasteiger partial charge in [0.05, 0.1) is 7.11 Å². The molecule has 2 aliphatic carbocycles. The molecule has 1 heterocycles. The van der Waals surface area contributed by atoms with E-state index < -0.39 is 23.6 Å². The Hall–Kier alpha value is -1.95. The first-order chi connectivity index (χ1) is 12.6. The summed E-state index contributed by atoms with van der Waals surface area (Å²) in [6.07, 6.45) is 0.435. The van der Waals surface area contributed by atoms with E-state index in [0.717, 1.165) is 12.8 Å². The van der Waals surface area contributed by atoms with E-state index in [9.17, 15) is 20.1 Å². The molecule has 0 radical (unpaired) electrons. The van der Waals surface area contributed by atoms with Crippen molar-refractivity contribution < 1.29 is 29.6 Å². The van der Waals surface area contributed by atoms with Gasteiger partial charge in [-0.1, -0.05) is 34.1 Å². The minimum Gasteiger partial charge on any atom is -0.504 e. The SMILES string of the molecule is COc1c(C(C)C)c(O)c(O)c2c1[C@@H](O)[C@H]1OC(=O)[C@@]23CCCC(C)(C)[C@@H]13. The van der Waals surface area contributed by atoms with Crippen LogP contribution >= 0.6 is 0 Å². The van der Waals surface area contributed by atoms with Crippen molar-refractivity contribution in [2.75, 3.05) is 7.11 Å². The van der Waals surface area contributed by atoms with E-state index in [1.54, 1.807) is 0 Å². The Labute approximate surface area is 159 Å². The number of carbonyl (C=O) groups excluding carboxylic acids is 1. The number of hydrogen-bond donors (Lipinski definition) is 3. The van der Waals surface area contributed by atoms with Gasteiger partial charge in [-0.05, 0) is 24.2 Å². The second-order valence-corrected chi connectivity index (χ2v) is 9.19. The number of methoxy groups -OCH3 is 1. The van der Waals surface area contributed by atoms with Crippen LogP contribution in [0.25, 0.3) is 0 Å². The van der Waals surface area contributed by atoms with Gasteiger partial charge in [0.25, 0.3) is 0 Å². The number of carbonyl (C=O) groups is 1. The van der Waals surface area contributed by atoms with Gasteiger partial charge in [-0.2, -0.15) is 0 Å². The summed E-state index contributed by atoms with van der Waals surface area (Å²) in [6, 6.07) is 0. The lowest BCUT2D eigenvalue weighted by Crippen LogP contribution is -2.54. The number of aromatic hydroxyl groups is 2. The van der Waals surface area contributed by atoms with Gasteiger partial charge in [-0.15, -0.1) is 0 Å². The molecule has 1 aliphatic heterocycles. The number of rotatable bonds is 2. The molecule has 1 aromatic rings. The van der Waals surface area contributed by atoms with Crippen LogP contribution in [0.2, 0.25) is 0 Å². The average Bonchev–Trinajstić information content (AvgIpc) is 2.85. The molecule has 2 fully saturated rings. The monoisotopic (exact) mass is 376 g/mol. The van der Waals surface area contributed by atoms with Crippen molar-refractivity contribution in [3.05, 3.63) is 16.7 Å². The van der Waals surface area contributed by atoms with E-state index in [-0.39, 0.29) is 28.7 Å². The van der Waals surface area contributed by atoms with Crippen molar-refractivity contribution in [3.63, 3.8) is 0 Å². The minimum atomic E-state index is -1.11. The minimum absolute atomic E-state index is 0.143. The standard InChI is InChI=1S/C21H28O6/c1-9(2)10-13(22)15(24)12-11(16(10)26-5)14(23)17-18-20(3,4)7-6-8-21(12,18)19(25)27-17/h9,14,17-18,22-24H,6-8H2,1-5H3/t14-,17-,18-,21+/m1/s1. The fourth-order valence-electron chi connectivity index (χ4n) is 6.07. The Morgan fingerprint density at radius 1 is 1.19 bits per heavy atom. The largest absolute Gasteiger partial charge is 0.504 e. The third kappa shape index (κ3) is 2.02. The molecule has 0 amide bonds. The zero-order valence-corrected chi connectivity index (χ0v) is 16.5. The van der Waals surface area contributed by atoms with E-state index >= 15 is 0 Å². The van der Waals surface area contributed by atoms with Crippen LogP contribution in [0.3, 0.4) is 0 Å². The Kier molecular flexibility index (Phi) is 3.77.